The molecule has 0 aliphatic carbocycles. The van der Waals surface area contributed by atoms with Crippen LogP contribution in [0.4, 0.5) is 10.5 Å². The van der Waals surface area contributed by atoms with Crippen LogP contribution in [0, 0.1) is 0 Å². The van der Waals surface area contributed by atoms with Crippen molar-refractivity contribution in [2.75, 3.05) is 25.1 Å². The zero-order valence-electron chi connectivity index (χ0n) is 12.5. The first-order chi connectivity index (χ1) is 10.2. The maximum absolute atomic E-state index is 11.0. The molecule has 1 saturated heterocycles. The van der Waals surface area contributed by atoms with Gasteiger partial charge in [-0.3, -0.25) is 5.43 Å². The van der Waals surface area contributed by atoms with Gasteiger partial charge in [-0.15, -0.1) is 0 Å². The first-order valence-corrected chi connectivity index (χ1v) is 7.35. The van der Waals surface area contributed by atoms with Crippen molar-refractivity contribution in [3.63, 3.8) is 0 Å². The summed E-state index contributed by atoms with van der Waals surface area (Å²) in [6, 6.07) is 8.22. The number of methoxy groups -OCH3 is 1. The molecule has 1 aromatic carbocycles. The van der Waals surface area contributed by atoms with Crippen LogP contribution in [-0.4, -0.2) is 26.3 Å². The number of anilines is 1. The predicted octanol–water partition coefficient (Wildman–Crippen LogP) is 2.90. The van der Waals surface area contributed by atoms with E-state index in [2.05, 4.69) is 39.2 Å². The Hall–Kier alpha value is -2.17. The fourth-order valence-corrected chi connectivity index (χ4v) is 2.45. The number of rotatable bonds is 4. The van der Waals surface area contributed by atoms with Gasteiger partial charge in [0.15, 0.2) is 0 Å². The summed E-state index contributed by atoms with van der Waals surface area (Å²) >= 11 is 0. The van der Waals surface area contributed by atoms with Crippen molar-refractivity contribution in [3.05, 3.63) is 36.4 Å². The fraction of sp³-hybridized carbons (Fsp3) is 0.438. The van der Waals surface area contributed by atoms with E-state index in [1.54, 1.807) is 0 Å². The van der Waals surface area contributed by atoms with Crippen LogP contribution >= 0.6 is 0 Å². The second-order valence-corrected chi connectivity index (χ2v) is 5.17. The molecule has 5 nitrogen and oxygen atoms in total. The zero-order valence-corrected chi connectivity index (χ0v) is 12.5. The first kappa shape index (κ1) is 15.2. The minimum absolute atomic E-state index is 0.544. The molecule has 0 bridgehead atoms. The predicted molar refractivity (Wildman–Crippen MR) is 84.8 cm³/mol. The van der Waals surface area contributed by atoms with Crippen molar-refractivity contribution >= 4 is 17.5 Å². The summed E-state index contributed by atoms with van der Waals surface area (Å²) in [5.41, 5.74) is 7.93. The lowest BCUT2D eigenvalue weighted by Crippen LogP contribution is -2.35. The molecular formula is C16H23N3O2. The maximum atomic E-state index is 11.0. The van der Waals surface area contributed by atoms with Crippen LogP contribution in [0.15, 0.2) is 30.8 Å². The highest BCUT2D eigenvalue weighted by Crippen LogP contribution is 2.21. The number of carbonyl (C=O) groups is 1. The lowest BCUT2D eigenvalue weighted by atomic mass is 10.1. The van der Waals surface area contributed by atoms with E-state index in [4.69, 9.17) is 0 Å². The van der Waals surface area contributed by atoms with Crippen LogP contribution < -0.4 is 15.8 Å². The number of hydrogen-bond acceptors (Lipinski definition) is 4. The van der Waals surface area contributed by atoms with Crippen molar-refractivity contribution in [1.29, 1.82) is 0 Å². The Balaban J connectivity index is 1.94. The molecule has 0 saturated carbocycles. The van der Waals surface area contributed by atoms with E-state index in [1.165, 1.54) is 38.5 Å². The molecule has 0 unspecified atom stereocenters. The highest BCUT2D eigenvalue weighted by molar-refractivity contribution is 5.70. The maximum Gasteiger partial charge on any atom is 0.425 e. The molecule has 0 radical (unpaired) electrons. The topological polar surface area (TPSA) is 53.6 Å². The van der Waals surface area contributed by atoms with Crippen LogP contribution in [0.3, 0.4) is 0 Å². The van der Waals surface area contributed by atoms with Crippen LogP contribution in [0.25, 0.3) is 5.70 Å². The fourth-order valence-electron chi connectivity index (χ4n) is 2.45. The standard InChI is InChI=1S/C16H23N3O2/c1-13(17-18-16(20)21-2)14-7-9-15(10-8-14)19-11-5-3-4-6-12-19/h7-10,17H,1,3-6,11-12H2,2H3,(H,18,20). The van der Waals surface area contributed by atoms with Crippen molar-refractivity contribution in [3.8, 4) is 0 Å². The SMILES string of the molecule is C=C(NNC(=O)OC)c1ccc(N2CCCCCC2)cc1. The number of nitrogens with zero attached hydrogens (tertiary/aromatic N) is 1. The lowest BCUT2D eigenvalue weighted by Gasteiger charge is -2.23. The Morgan fingerprint density at radius 1 is 1.10 bits per heavy atom. The van der Waals surface area contributed by atoms with Crippen LogP contribution in [0.5, 0.6) is 0 Å². The normalized spacial score (nSPS) is 15.0. The third-order valence-corrected chi connectivity index (χ3v) is 3.69. The summed E-state index contributed by atoms with van der Waals surface area (Å²) in [6.45, 7) is 6.15. The summed E-state index contributed by atoms with van der Waals surface area (Å²) in [4.78, 5) is 13.4. The lowest BCUT2D eigenvalue weighted by molar-refractivity contribution is 0.168. The number of hydrazine groups is 1. The van der Waals surface area contributed by atoms with E-state index in [0.29, 0.717) is 5.70 Å². The Kier molecular flexibility index (Phi) is 5.49. The van der Waals surface area contributed by atoms with Gasteiger partial charge < -0.3 is 9.64 Å². The molecular weight excluding hydrogens is 266 g/mol. The molecule has 0 spiro atoms. The van der Waals surface area contributed by atoms with Gasteiger partial charge in [0.2, 0.25) is 0 Å². The number of amides is 1. The number of benzene rings is 1. The Labute approximate surface area is 125 Å². The summed E-state index contributed by atoms with van der Waals surface area (Å²) in [7, 11) is 1.32. The van der Waals surface area contributed by atoms with Gasteiger partial charge >= 0.3 is 6.09 Å². The number of carbonyl (C=O) groups excluding carboxylic acids is 1. The molecule has 0 atom stereocenters. The van der Waals surface area contributed by atoms with Crippen molar-refractivity contribution in [2.45, 2.75) is 25.7 Å². The average molecular weight is 289 g/mol. The summed E-state index contributed by atoms with van der Waals surface area (Å²) in [5, 5.41) is 0. The third kappa shape index (κ3) is 4.41. The molecule has 1 amide bonds. The Morgan fingerprint density at radius 3 is 2.29 bits per heavy atom. The van der Waals surface area contributed by atoms with E-state index in [1.807, 2.05) is 12.1 Å². The van der Waals surface area contributed by atoms with Gasteiger partial charge in [-0.25, -0.2) is 10.2 Å². The highest BCUT2D eigenvalue weighted by Gasteiger charge is 2.10. The van der Waals surface area contributed by atoms with E-state index in [0.717, 1.165) is 18.7 Å². The molecule has 5 heteroatoms. The number of nitrogens with one attached hydrogen (secondary N) is 2. The zero-order chi connectivity index (χ0) is 15.1. The minimum Gasteiger partial charge on any atom is -0.452 e. The molecule has 1 aliphatic rings. The van der Waals surface area contributed by atoms with Crippen molar-refractivity contribution in [1.82, 2.24) is 10.9 Å². The van der Waals surface area contributed by atoms with Gasteiger partial charge in [-0.1, -0.05) is 31.6 Å². The first-order valence-electron chi connectivity index (χ1n) is 7.35. The van der Waals surface area contributed by atoms with E-state index >= 15 is 0 Å². The summed E-state index contributed by atoms with van der Waals surface area (Å²) in [5.74, 6) is 0. The second kappa shape index (κ2) is 7.57. The minimum atomic E-state index is -0.544. The van der Waals surface area contributed by atoms with E-state index in [-0.39, 0.29) is 0 Å². The molecule has 21 heavy (non-hydrogen) atoms. The van der Waals surface area contributed by atoms with Crippen LogP contribution in [0.1, 0.15) is 31.2 Å². The molecule has 0 aromatic heterocycles. The number of hydrogen-bond donors (Lipinski definition) is 2. The molecule has 114 valence electrons. The van der Waals surface area contributed by atoms with Crippen molar-refractivity contribution < 1.29 is 9.53 Å². The largest absolute Gasteiger partial charge is 0.452 e. The van der Waals surface area contributed by atoms with Gasteiger partial charge in [0, 0.05) is 18.8 Å². The summed E-state index contributed by atoms with van der Waals surface area (Å²) in [6.07, 6.45) is 4.64. The van der Waals surface area contributed by atoms with Gasteiger partial charge in [0.25, 0.3) is 0 Å². The van der Waals surface area contributed by atoms with E-state index < -0.39 is 6.09 Å². The molecule has 1 aromatic rings. The smallest absolute Gasteiger partial charge is 0.425 e. The monoisotopic (exact) mass is 289 g/mol. The van der Waals surface area contributed by atoms with Gasteiger partial charge in [-0.05, 0) is 30.5 Å². The molecule has 1 heterocycles. The second-order valence-electron chi connectivity index (χ2n) is 5.17. The molecule has 1 fully saturated rings. The van der Waals surface area contributed by atoms with Gasteiger partial charge in [-0.2, -0.15) is 0 Å². The average Bonchev–Trinajstić information content (AvgIpc) is 2.81. The summed E-state index contributed by atoms with van der Waals surface area (Å²) < 4.78 is 4.49. The van der Waals surface area contributed by atoms with Gasteiger partial charge in [0.05, 0.1) is 12.8 Å². The Bertz CT molecular complexity index is 477. The van der Waals surface area contributed by atoms with Gasteiger partial charge in [0.1, 0.15) is 0 Å². The third-order valence-electron chi connectivity index (χ3n) is 3.69. The van der Waals surface area contributed by atoms with Crippen LogP contribution in [-0.2, 0) is 4.74 Å². The quantitative estimate of drug-likeness (QED) is 0.837. The van der Waals surface area contributed by atoms with E-state index in [9.17, 15) is 4.79 Å². The Morgan fingerprint density at radius 2 is 1.71 bits per heavy atom. The molecule has 2 N–H and O–H groups in total. The highest BCUT2D eigenvalue weighted by atomic mass is 16.5. The molecule has 1 aliphatic heterocycles. The van der Waals surface area contributed by atoms with Crippen molar-refractivity contribution in [2.24, 2.45) is 0 Å². The van der Waals surface area contributed by atoms with Crippen LogP contribution in [0.2, 0.25) is 0 Å². The number of ether oxygens (including phenoxy) is 1. The molecule has 2 rings (SSSR count).